The number of nitrogens with one attached hydrogen (secondary N) is 1. The van der Waals surface area contributed by atoms with E-state index in [2.05, 4.69) is 94.1 Å². The zero-order chi connectivity index (χ0) is 15.2. The van der Waals surface area contributed by atoms with Crippen LogP contribution in [0.4, 0.5) is 11.6 Å². The highest BCUT2D eigenvalue weighted by Gasteiger charge is 2.07. The number of alkyl halides is 3. The van der Waals surface area contributed by atoms with E-state index in [1.807, 2.05) is 12.1 Å². The molecular formula is C13H13I3N4O. The van der Waals surface area contributed by atoms with Crippen LogP contribution in [0.3, 0.4) is 0 Å². The Bertz CT molecular complexity index is 602. The number of hydrogen-bond acceptors (Lipinski definition) is 5. The summed E-state index contributed by atoms with van der Waals surface area (Å²) in [6.45, 7) is 0. The fraction of sp³-hybridized carbons (Fsp3) is 0.308. The maximum Gasteiger partial charge on any atom is 0.230 e. The van der Waals surface area contributed by atoms with E-state index in [1.54, 1.807) is 7.11 Å². The number of rotatable bonds is 6. The summed E-state index contributed by atoms with van der Waals surface area (Å²) in [5.74, 6) is 3.07. The van der Waals surface area contributed by atoms with E-state index in [0.717, 1.165) is 41.9 Å². The predicted octanol–water partition coefficient (Wildman–Crippen LogP) is 4.43. The van der Waals surface area contributed by atoms with Gasteiger partial charge >= 0.3 is 0 Å². The molecule has 21 heavy (non-hydrogen) atoms. The summed E-state index contributed by atoms with van der Waals surface area (Å²) in [4.78, 5) is 13.2. The van der Waals surface area contributed by atoms with Crippen LogP contribution in [0.25, 0.3) is 0 Å². The van der Waals surface area contributed by atoms with Gasteiger partial charge in [0.2, 0.25) is 5.95 Å². The van der Waals surface area contributed by atoms with Gasteiger partial charge in [-0.15, -0.1) is 0 Å². The molecule has 8 heteroatoms. The van der Waals surface area contributed by atoms with Gasteiger partial charge in [0.15, 0.2) is 0 Å². The number of ether oxygens (including phenoxy) is 1. The van der Waals surface area contributed by atoms with Crippen LogP contribution >= 0.6 is 67.8 Å². The van der Waals surface area contributed by atoms with Gasteiger partial charge in [-0.25, -0.2) is 4.98 Å². The first-order valence-corrected chi connectivity index (χ1v) is 10.6. The van der Waals surface area contributed by atoms with E-state index < -0.39 is 0 Å². The molecule has 1 aromatic carbocycles. The first kappa shape index (κ1) is 17.4. The van der Waals surface area contributed by atoms with Gasteiger partial charge in [0, 0.05) is 15.7 Å². The Morgan fingerprint density at radius 3 is 2.19 bits per heavy atom. The van der Waals surface area contributed by atoms with E-state index in [-0.39, 0.29) is 0 Å². The molecule has 5 nitrogen and oxygen atoms in total. The summed E-state index contributed by atoms with van der Waals surface area (Å²) in [7, 11) is 1.68. The lowest BCUT2D eigenvalue weighted by Crippen LogP contribution is -2.05. The van der Waals surface area contributed by atoms with Crippen LogP contribution in [0.5, 0.6) is 5.75 Å². The minimum absolute atomic E-state index is 0.591. The van der Waals surface area contributed by atoms with Gasteiger partial charge in [0.25, 0.3) is 0 Å². The fourth-order valence-corrected chi connectivity index (χ4v) is 3.01. The second-order valence-electron chi connectivity index (χ2n) is 4.04. The summed E-state index contributed by atoms with van der Waals surface area (Å²) >= 11 is 6.83. The van der Waals surface area contributed by atoms with Crippen LogP contribution < -0.4 is 10.1 Å². The zero-order valence-corrected chi connectivity index (χ0v) is 17.7. The molecule has 0 amide bonds. The molecule has 1 N–H and O–H groups in total. The van der Waals surface area contributed by atoms with Crippen molar-refractivity contribution >= 4 is 79.4 Å². The van der Waals surface area contributed by atoms with E-state index in [9.17, 15) is 0 Å². The lowest BCUT2D eigenvalue weighted by molar-refractivity contribution is 0.411. The summed E-state index contributed by atoms with van der Waals surface area (Å²) in [6, 6.07) is 5.98. The second-order valence-corrected chi connectivity index (χ2v) is 6.33. The summed E-state index contributed by atoms with van der Waals surface area (Å²) < 4.78 is 7.75. The first-order chi connectivity index (χ1) is 10.2. The lowest BCUT2D eigenvalue weighted by Gasteiger charge is -2.10. The normalized spacial score (nSPS) is 10.5. The average molecular weight is 622 g/mol. The fourth-order valence-electron chi connectivity index (χ4n) is 1.73. The minimum atomic E-state index is 0.591. The van der Waals surface area contributed by atoms with Crippen molar-refractivity contribution < 1.29 is 4.74 Å². The molecule has 0 aliphatic carbocycles. The van der Waals surface area contributed by atoms with Crippen LogP contribution in [0.2, 0.25) is 0 Å². The molecule has 0 fully saturated rings. The Hall–Kier alpha value is 0.0200. The molecule has 112 valence electrons. The van der Waals surface area contributed by atoms with Gasteiger partial charge in [0.05, 0.1) is 16.0 Å². The second kappa shape index (κ2) is 8.60. The standard InChI is InChI=1S/C13H13I3N4O/c1-21-10-3-2-9(4-8(10)5-14)17-13-19-11(6-15)18-12(7-16)20-13/h2-4H,5-7H2,1H3,(H,17,18,19,20). The SMILES string of the molecule is COc1ccc(Nc2nc(CI)nc(CI)n2)cc1CI. The number of anilines is 2. The maximum atomic E-state index is 5.34. The van der Waals surface area contributed by atoms with Gasteiger partial charge in [0.1, 0.15) is 17.4 Å². The largest absolute Gasteiger partial charge is 0.496 e. The van der Waals surface area contributed by atoms with Gasteiger partial charge in [-0.3, -0.25) is 0 Å². The predicted molar refractivity (Wildman–Crippen MR) is 109 cm³/mol. The molecule has 0 saturated heterocycles. The van der Waals surface area contributed by atoms with Crippen molar-refractivity contribution in [3.8, 4) is 5.75 Å². The molecule has 0 aliphatic rings. The minimum Gasteiger partial charge on any atom is -0.496 e. The number of methoxy groups -OCH3 is 1. The summed E-state index contributed by atoms with van der Waals surface area (Å²) in [5, 5.41) is 3.25. The highest BCUT2D eigenvalue weighted by Crippen LogP contribution is 2.26. The number of aromatic nitrogens is 3. The smallest absolute Gasteiger partial charge is 0.230 e. The Morgan fingerprint density at radius 2 is 1.67 bits per heavy atom. The Labute approximate surface area is 164 Å². The van der Waals surface area contributed by atoms with Crippen molar-refractivity contribution in [3.63, 3.8) is 0 Å². The quantitative estimate of drug-likeness (QED) is 0.382. The van der Waals surface area contributed by atoms with E-state index in [4.69, 9.17) is 4.74 Å². The monoisotopic (exact) mass is 622 g/mol. The number of hydrogen-bond donors (Lipinski definition) is 1. The number of benzene rings is 1. The highest BCUT2D eigenvalue weighted by molar-refractivity contribution is 14.1. The number of nitrogens with zero attached hydrogens (tertiary/aromatic N) is 3. The van der Waals surface area contributed by atoms with E-state index in [1.165, 1.54) is 0 Å². The van der Waals surface area contributed by atoms with Gasteiger partial charge in [-0.2, -0.15) is 9.97 Å². The van der Waals surface area contributed by atoms with Crippen molar-refractivity contribution in [1.82, 2.24) is 15.0 Å². The molecule has 0 radical (unpaired) electrons. The summed E-state index contributed by atoms with van der Waals surface area (Å²) in [6.07, 6.45) is 0. The molecule has 1 heterocycles. The maximum absolute atomic E-state index is 5.34. The molecule has 2 rings (SSSR count). The van der Waals surface area contributed by atoms with Crippen molar-refractivity contribution in [2.24, 2.45) is 0 Å². The van der Waals surface area contributed by atoms with E-state index in [0.29, 0.717) is 5.95 Å². The summed E-state index contributed by atoms with van der Waals surface area (Å²) in [5.41, 5.74) is 2.09. The molecular weight excluding hydrogens is 609 g/mol. The number of halogens is 3. The lowest BCUT2D eigenvalue weighted by atomic mass is 10.2. The van der Waals surface area contributed by atoms with Gasteiger partial charge in [-0.05, 0) is 18.2 Å². The zero-order valence-electron chi connectivity index (χ0n) is 11.2. The highest BCUT2D eigenvalue weighted by atomic mass is 127. The van der Waals surface area contributed by atoms with Crippen LogP contribution in [0, 0.1) is 0 Å². The first-order valence-electron chi connectivity index (χ1n) is 6.05. The molecule has 0 bridgehead atoms. The third-order valence-corrected chi connectivity index (χ3v) is 4.83. The van der Waals surface area contributed by atoms with Crippen molar-refractivity contribution in [2.45, 2.75) is 13.3 Å². The van der Waals surface area contributed by atoms with Crippen molar-refractivity contribution in [3.05, 3.63) is 35.4 Å². The third kappa shape index (κ3) is 4.74. The third-order valence-electron chi connectivity index (χ3n) is 2.65. The molecule has 1 aromatic heterocycles. The average Bonchev–Trinajstić information content (AvgIpc) is 2.54. The molecule has 0 spiro atoms. The van der Waals surface area contributed by atoms with Crippen LogP contribution in [-0.4, -0.2) is 22.1 Å². The van der Waals surface area contributed by atoms with Crippen LogP contribution in [-0.2, 0) is 13.3 Å². The Morgan fingerprint density at radius 1 is 1.00 bits per heavy atom. The molecule has 0 unspecified atom stereocenters. The molecule has 2 aromatic rings. The van der Waals surface area contributed by atoms with Gasteiger partial charge < -0.3 is 10.1 Å². The van der Waals surface area contributed by atoms with Crippen molar-refractivity contribution in [2.75, 3.05) is 12.4 Å². The Kier molecular flexibility index (Phi) is 7.12. The Balaban J connectivity index is 2.29. The van der Waals surface area contributed by atoms with E-state index >= 15 is 0 Å². The molecule has 0 atom stereocenters. The molecule has 0 aliphatic heterocycles. The van der Waals surface area contributed by atoms with Gasteiger partial charge in [-0.1, -0.05) is 67.8 Å². The van der Waals surface area contributed by atoms with Crippen LogP contribution in [0.15, 0.2) is 18.2 Å². The van der Waals surface area contributed by atoms with Crippen molar-refractivity contribution in [1.29, 1.82) is 0 Å². The van der Waals surface area contributed by atoms with Crippen LogP contribution in [0.1, 0.15) is 17.2 Å². The molecule has 0 saturated carbocycles. The topological polar surface area (TPSA) is 59.9 Å².